The number of aliphatic hydroxyl groups excluding tert-OH is 1. The Morgan fingerprint density at radius 1 is 1.60 bits per heavy atom. The molecule has 134 valence electrons. The lowest BCUT2D eigenvalue weighted by Crippen LogP contribution is -2.35. The molecule has 25 heavy (non-hydrogen) atoms. The minimum absolute atomic E-state index is 0.0340. The summed E-state index contributed by atoms with van der Waals surface area (Å²) in [5, 5.41) is 12.0. The third-order valence-electron chi connectivity index (χ3n) is 4.52. The highest BCUT2D eigenvalue weighted by atomic mass is 127. The smallest absolute Gasteiger partial charge is 0.415 e. The quantitative estimate of drug-likeness (QED) is 0.292. The minimum atomic E-state index is -0.805. The number of benzene rings is 1. The van der Waals surface area contributed by atoms with Gasteiger partial charge in [-0.15, -0.1) is 0 Å². The first-order valence-corrected chi connectivity index (χ1v) is 8.89. The summed E-state index contributed by atoms with van der Waals surface area (Å²) in [5.74, 6) is 0. The molecule has 2 fully saturated rings. The molecule has 2 aliphatic rings. The van der Waals surface area contributed by atoms with E-state index in [0.717, 1.165) is 16.2 Å². The summed E-state index contributed by atoms with van der Waals surface area (Å²) < 4.78 is 5.10. The molecule has 0 radical (unpaired) electrons. The molecular formula is C16H18IN3O5. The van der Waals surface area contributed by atoms with E-state index in [0.29, 0.717) is 31.6 Å². The van der Waals surface area contributed by atoms with E-state index >= 15 is 0 Å². The Morgan fingerprint density at radius 3 is 2.96 bits per heavy atom. The van der Waals surface area contributed by atoms with Gasteiger partial charge in [0.05, 0.1) is 19.2 Å². The molecule has 3 rings (SSSR count). The molecular weight excluding hydrogens is 441 g/mol. The van der Waals surface area contributed by atoms with E-state index in [2.05, 4.69) is 5.32 Å². The van der Waals surface area contributed by atoms with E-state index in [1.54, 1.807) is 28.7 Å². The molecule has 0 aromatic heterocycles. The standard InChI is InChI=1S/C16H18IN3O5/c1-10-6-11(2-3-12(10)18-4-5-21)19-8-16(25-15(19)24)7-13(16)20(9-22)14(17)23/h2-3,6,9,13,18,21H,4-5,7-8H2,1H3/t13-,16-/m0/s1. The van der Waals surface area contributed by atoms with E-state index in [1.807, 2.05) is 19.1 Å². The topological polar surface area (TPSA) is 99.2 Å². The first kappa shape index (κ1) is 17.9. The molecule has 8 nitrogen and oxygen atoms in total. The fourth-order valence-corrected chi connectivity index (χ4v) is 3.58. The number of carbonyl (C=O) groups excluding carboxylic acids is 3. The van der Waals surface area contributed by atoms with Crippen molar-refractivity contribution in [2.24, 2.45) is 0 Å². The molecule has 1 spiro atoms. The third kappa shape index (κ3) is 3.30. The molecule has 0 bridgehead atoms. The normalized spacial score (nSPS) is 24.2. The third-order valence-corrected chi connectivity index (χ3v) is 5.08. The van der Waals surface area contributed by atoms with Crippen LogP contribution in [0.5, 0.6) is 0 Å². The zero-order valence-corrected chi connectivity index (χ0v) is 15.7. The van der Waals surface area contributed by atoms with Crippen LogP contribution in [-0.2, 0) is 9.53 Å². The van der Waals surface area contributed by atoms with Crippen LogP contribution >= 0.6 is 22.6 Å². The van der Waals surface area contributed by atoms with E-state index in [9.17, 15) is 14.4 Å². The average Bonchev–Trinajstić information content (AvgIpc) is 3.12. The van der Waals surface area contributed by atoms with E-state index < -0.39 is 17.7 Å². The second-order valence-electron chi connectivity index (χ2n) is 6.15. The number of nitrogens with one attached hydrogen (secondary N) is 1. The largest absolute Gasteiger partial charge is 0.438 e. The number of imide groups is 1. The van der Waals surface area contributed by atoms with Crippen LogP contribution < -0.4 is 10.2 Å². The van der Waals surface area contributed by atoms with Crippen molar-refractivity contribution in [1.82, 2.24) is 4.90 Å². The summed E-state index contributed by atoms with van der Waals surface area (Å²) in [7, 11) is 0. The predicted octanol–water partition coefficient (Wildman–Crippen LogP) is 1.88. The molecule has 1 saturated carbocycles. The Balaban J connectivity index is 1.75. The lowest BCUT2D eigenvalue weighted by molar-refractivity contribution is -0.116. The maximum Gasteiger partial charge on any atom is 0.415 e. The van der Waals surface area contributed by atoms with Crippen LogP contribution in [0.25, 0.3) is 0 Å². The number of amides is 3. The number of carbonyl (C=O) groups is 3. The molecule has 3 amide bonds. The monoisotopic (exact) mass is 459 g/mol. The molecule has 0 unspecified atom stereocenters. The lowest BCUT2D eigenvalue weighted by atomic mass is 10.1. The zero-order valence-electron chi connectivity index (χ0n) is 13.6. The first-order valence-electron chi connectivity index (χ1n) is 7.81. The summed E-state index contributed by atoms with van der Waals surface area (Å²) in [5.41, 5.74) is 1.70. The molecule has 1 heterocycles. The highest BCUT2D eigenvalue weighted by Crippen LogP contribution is 2.49. The second kappa shape index (κ2) is 6.79. The number of hydrogen-bond donors (Lipinski definition) is 2. The summed E-state index contributed by atoms with van der Waals surface area (Å²) in [6.07, 6.45) is 0.457. The van der Waals surface area contributed by atoms with Crippen LogP contribution in [0, 0.1) is 6.92 Å². The molecule has 9 heteroatoms. The Morgan fingerprint density at radius 2 is 2.36 bits per heavy atom. The van der Waals surface area contributed by atoms with Gasteiger partial charge in [0, 0.05) is 46.9 Å². The van der Waals surface area contributed by atoms with Crippen LogP contribution in [0.1, 0.15) is 12.0 Å². The lowest BCUT2D eigenvalue weighted by Gasteiger charge is -2.17. The number of aliphatic hydroxyl groups is 1. The fourth-order valence-electron chi connectivity index (χ4n) is 3.13. The molecule has 1 saturated heterocycles. The molecule has 1 aliphatic heterocycles. The van der Waals surface area contributed by atoms with Gasteiger partial charge in [-0.25, -0.2) is 4.79 Å². The van der Waals surface area contributed by atoms with Crippen molar-refractivity contribution >= 4 is 50.4 Å². The fraction of sp³-hybridized carbons (Fsp3) is 0.438. The number of nitrogens with zero attached hydrogens (tertiary/aromatic N) is 2. The maximum absolute atomic E-state index is 12.3. The summed E-state index contributed by atoms with van der Waals surface area (Å²) in [4.78, 5) is 37.5. The predicted molar refractivity (Wildman–Crippen MR) is 99.0 cm³/mol. The summed E-state index contributed by atoms with van der Waals surface area (Å²) >= 11 is 1.55. The Hall–Kier alpha value is -1.88. The van der Waals surface area contributed by atoms with Crippen molar-refractivity contribution in [1.29, 1.82) is 0 Å². The molecule has 2 atom stereocenters. The maximum atomic E-state index is 12.3. The van der Waals surface area contributed by atoms with Crippen LogP contribution in [0.2, 0.25) is 0 Å². The van der Waals surface area contributed by atoms with Crippen molar-refractivity contribution < 1.29 is 24.2 Å². The highest BCUT2D eigenvalue weighted by Gasteiger charge is 2.66. The van der Waals surface area contributed by atoms with Crippen LogP contribution in [0.4, 0.5) is 21.0 Å². The van der Waals surface area contributed by atoms with Gasteiger partial charge in [-0.3, -0.25) is 19.4 Å². The van der Waals surface area contributed by atoms with Crippen molar-refractivity contribution in [3.63, 3.8) is 0 Å². The van der Waals surface area contributed by atoms with Crippen molar-refractivity contribution in [3.8, 4) is 0 Å². The second-order valence-corrected chi connectivity index (χ2v) is 7.08. The van der Waals surface area contributed by atoms with E-state index in [4.69, 9.17) is 9.84 Å². The molecule has 2 N–H and O–H groups in total. The Bertz CT molecular complexity index is 728. The van der Waals surface area contributed by atoms with E-state index in [1.165, 1.54) is 4.90 Å². The van der Waals surface area contributed by atoms with E-state index in [-0.39, 0.29) is 10.5 Å². The van der Waals surface area contributed by atoms with Gasteiger partial charge in [-0.2, -0.15) is 0 Å². The van der Waals surface area contributed by atoms with Gasteiger partial charge in [-0.05, 0) is 30.7 Å². The minimum Gasteiger partial charge on any atom is -0.438 e. The first-order chi connectivity index (χ1) is 11.9. The van der Waals surface area contributed by atoms with Crippen molar-refractivity contribution in [3.05, 3.63) is 23.8 Å². The van der Waals surface area contributed by atoms with Gasteiger partial charge in [-0.1, -0.05) is 0 Å². The number of rotatable bonds is 6. The van der Waals surface area contributed by atoms with Gasteiger partial charge in [0.1, 0.15) is 0 Å². The number of ether oxygens (including phenoxy) is 1. The van der Waals surface area contributed by atoms with Gasteiger partial charge in [0.25, 0.3) is 3.91 Å². The summed E-state index contributed by atoms with van der Waals surface area (Å²) in [6.45, 7) is 2.69. The van der Waals surface area contributed by atoms with Gasteiger partial charge in [0.15, 0.2) is 5.60 Å². The van der Waals surface area contributed by atoms with Crippen LogP contribution in [-0.4, -0.2) is 57.8 Å². The average molecular weight is 459 g/mol. The van der Waals surface area contributed by atoms with Crippen LogP contribution in [0.3, 0.4) is 0 Å². The van der Waals surface area contributed by atoms with Crippen LogP contribution in [0.15, 0.2) is 18.2 Å². The summed E-state index contributed by atoms with van der Waals surface area (Å²) in [6, 6.07) is 5.09. The Kier molecular flexibility index (Phi) is 4.87. The van der Waals surface area contributed by atoms with Gasteiger partial charge in [0.2, 0.25) is 6.41 Å². The van der Waals surface area contributed by atoms with Gasteiger partial charge >= 0.3 is 6.09 Å². The SMILES string of the molecule is Cc1cc(N2C[C@]3(C[C@@H]3N(C=O)C(=O)I)OC2=O)ccc1NCCO. The molecule has 1 aliphatic carbocycles. The zero-order chi connectivity index (χ0) is 18.2. The number of hydrogen-bond acceptors (Lipinski definition) is 6. The Labute approximate surface area is 158 Å². The number of halogens is 1. The van der Waals surface area contributed by atoms with Crippen molar-refractivity contribution in [2.45, 2.75) is 25.0 Å². The number of anilines is 2. The van der Waals surface area contributed by atoms with Crippen molar-refractivity contribution in [2.75, 3.05) is 29.9 Å². The van der Waals surface area contributed by atoms with Gasteiger partial charge < -0.3 is 15.2 Å². The highest BCUT2D eigenvalue weighted by molar-refractivity contribution is 14.1. The molecule has 1 aromatic carbocycles. The molecule has 1 aromatic rings. The number of aryl methyl sites for hydroxylation is 1.